The molecule has 9 heteroatoms. The van der Waals surface area contributed by atoms with Gasteiger partial charge in [-0.2, -0.15) is 0 Å². The number of aliphatic hydroxyl groups is 2. The lowest BCUT2D eigenvalue weighted by Crippen LogP contribution is -2.63. The Morgan fingerprint density at radius 3 is 2.80 bits per heavy atom. The predicted molar refractivity (Wildman–Crippen MR) is 88.5 cm³/mol. The summed E-state index contributed by atoms with van der Waals surface area (Å²) >= 11 is 1.34. The molecule has 0 radical (unpaired) electrons. The molecule has 4 heterocycles. The topological polar surface area (TPSA) is 115 Å². The highest BCUT2D eigenvalue weighted by Crippen LogP contribution is 2.51. The summed E-state index contributed by atoms with van der Waals surface area (Å²) in [7, 11) is 0. The van der Waals surface area contributed by atoms with Crippen LogP contribution in [0.5, 0.6) is 0 Å². The fourth-order valence-electron chi connectivity index (χ4n) is 3.98. The van der Waals surface area contributed by atoms with Crippen LogP contribution in [0.1, 0.15) is 24.4 Å². The van der Waals surface area contributed by atoms with Gasteiger partial charge in [0.2, 0.25) is 5.91 Å². The van der Waals surface area contributed by atoms with Crippen molar-refractivity contribution < 1.29 is 24.9 Å². The lowest BCUT2D eigenvalue weighted by Gasteiger charge is -2.46. The highest BCUT2D eigenvalue weighted by atomic mass is 32.1. The van der Waals surface area contributed by atoms with Gasteiger partial charge in [0, 0.05) is 17.7 Å². The molecule has 1 fully saturated rings. The second-order valence-electron chi connectivity index (χ2n) is 6.48. The number of carboxylic acid groups (broad SMARTS) is 1. The van der Waals surface area contributed by atoms with Crippen LogP contribution in [0.3, 0.4) is 0 Å². The van der Waals surface area contributed by atoms with Crippen molar-refractivity contribution in [2.45, 2.75) is 32.6 Å². The maximum absolute atomic E-state index is 12.4. The van der Waals surface area contributed by atoms with Crippen LogP contribution >= 0.6 is 11.3 Å². The first-order chi connectivity index (χ1) is 11.9. The maximum Gasteiger partial charge on any atom is 0.352 e. The van der Waals surface area contributed by atoms with Crippen LogP contribution in [0.2, 0.25) is 0 Å². The molecule has 0 spiro atoms. The molecule has 4 rings (SSSR count). The maximum atomic E-state index is 12.4. The van der Waals surface area contributed by atoms with Crippen molar-refractivity contribution in [1.29, 1.82) is 0 Å². The van der Waals surface area contributed by atoms with Gasteiger partial charge in [0.25, 0.3) is 0 Å². The van der Waals surface area contributed by atoms with Crippen LogP contribution in [0.4, 0.5) is 0 Å². The molecule has 0 unspecified atom stereocenters. The first-order valence-electron chi connectivity index (χ1n) is 7.92. The summed E-state index contributed by atoms with van der Waals surface area (Å²) in [5.74, 6) is -2.29. The summed E-state index contributed by atoms with van der Waals surface area (Å²) in [5.41, 5.74) is 1.11. The Bertz CT molecular complexity index is 927. The number of carbonyl (C=O) groups excluding carboxylic acids is 1. The second kappa shape index (κ2) is 5.38. The van der Waals surface area contributed by atoms with Gasteiger partial charge in [-0.25, -0.2) is 9.78 Å². The molecule has 25 heavy (non-hydrogen) atoms. The highest BCUT2D eigenvalue weighted by molar-refractivity contribution is 7.18. The van der Waals surface area contributed by atoms with E-state index in [4.69, 9.17) is 0 Å². The van der Waals surface area contributed by atoms with Crippen LogP contribution in [0, 0.1) is 11.8 Å². The van der Waals surface area contributed by atoms with Crippen LogP contribution in [-0.4, -0.2) is 53.6 Å². The number of amides is 1. The number of aromatic nitrogens is 2. The smallest absolute Gasteiger partial charge is 0.352 e. The molecule has 1 saturated heterocycles. The van der Waals surface area contributed by atoms with Gasteiger partial charge in [0.1, 0.15) is 22.5 Å². The molecular formula is C16H17N3O5S. The number of rotatable bonds is 4. The molecule has 0 saturated carbocycles. The van der Waals surface area contributed by atoms with Crippen LogP contribution in [-0.2, 0) is 16.2 Å². The monoisotopic (exact) mass is 363 g/mol. The van der Waals surface area contributed by atoms with Gasteiger partial charge in [-0.1, -0.05) is 6.92 Å². The average Bonchev–Trinajstić information content (AvgIpc) is 3.16. The third-order valence-electron chi connectivity index (χ3n) is 5.07. The summed E-state index contributed by atoms with van der Waals surface area (Å²) in [4.78, 5) is 31.1. The number of hydrogen-bond donors (Lipinski definition) is 3. The molecule has 0 aliphatic carbocycles. The van der Waals surface area contributed by atoms with E-state index in [0.29, 0.717) is 11.3 Å². The Hall–Kier alpha value is -2.23. The van der Waals surface area contributed by atoms with Gasteiger partial charge in [-0.05, 0) is 6.92 Å². The summed E-state index contributed by atoms with van der Waals surface area (Å²) in [6.45, 7) is 3.23. The molecule has 132 valence electrons. The lowest BCUT2D eigenvalue weighted by atomic mass is 9.77. The normalized spacial score (nSPS) is 27.0. The Labute approximate surface area is 146 Å². The van der Waals surface area contributed by atoms with E-state index in [0.717, 1.165) is 9.71 Å². The molecule has 0 aromatic carbocycles. The van der Waals surface area contributed by atoms with Crippen LogP contribution < -0.4 is 0 Å². The number of aliphatic hydroxyl groups excluding tert-OH is 2. The molecule has 2 aliphatic heterocycles. The molecule has 1 amide bonds. The van der Waals surface area contributed by atoms with Crippen molar-refractivity contribution in [2.75, 3.05) is 0 Å². The number of imidazole rings is 1. The third-order valence-corrected chi connectivity index (χ3v) is 6.26. The molecular weight excluding hydrogens is 346 g/mol. The zero-order valence-corrected chi connectivity index (χ0v) is 14.4. The zero-order valence-electron chi connectivity index (χ0n) is 13.6. The molecule has 2 aliphatic rings. The summed E-state index contributed by atoms with van der Waals surface area (Å²) in [6, 6.07) is -0.342. The second-order valence-corrected chi connectivity index (χ2v) is 7.51. The number of carboxylic acids is 1. The van der Waals surface area contributed by atoms with E-state index >= 15 is 0 Å². The number of thiazole rings is 1. The summed E-state index contributed by atoms with van der Waals surface area (Å²) in [6.07, 6.45) is 2.52. The Kier molecular flexibility index (Phi) is 3.50. The third kappa shape index (κ3) is 2.03. The number of nitrogens with zero attached hydrogens (tertiary/aromatic N) is 3. The van der Waals surface area contributed by atoms with Crippen molar-refractivity contribution in [3.63, 3.8) is 0 Å². The minimum absolute atomic E-state index is 0.0117. The molecule has 4 atom stereocenters. The number of aliphatic carboxylic acids is 1. The average molecular weight is 363 g/mol. The quantitative estimate of drug-likeness (QED) is 0.683. The first kappa shape index (κ1) is 16.2. The predicted octanol–water partition coefficient (Wildman–Crippen LogP) is 0.541. The van der Waals surface area contributed by atoms with E-state index in [1.54, 1.807) is 23.8 Å². The van der Waals surface area contributed by atoms with Gasteiger partial charge in [-0.3, -0.25) is 9.20 Å². The zero-order chi connectivity index (χ0) is 18.0. The van der Waals surface area contributed by atoms with E-state index in [1.165, 1.54) is 16.2 Å². The minimum atomic E-state index is -1.15. The van der Waals surface area contributed by atoms with Gasteiger partial charge < -0.3 is 20.2 Å². The Morgan fingerprint density at radius 2 is 2.20 bits per heavy atom. The van der Waals surface area contributed by atoms with Crippen molar-refractivity contribution in [3.05, 3.63) is 28.8 Å². The Balaban J connectivity index is 1.85. The summed E-state index contributed by atoms with van der Waals surface area (Å²) in [5, 5.41) is 28.9. The molecule has 0 bridgehead atoms. The van der Waals surface area contributed by atoms with E-state index in [1.807, 2.05) is 6.92 Å². The van der Waals surface area contributed by atoms with Gasteiger partial charge in [0.15, 0.2) is 0 Å². The van der Waals surface area contributed by atoms with Crippen molar-refractivity contribution >= 4 is 33.6 Å². The van der Waals surface area contributed by atoms with Crippen molar-refractivity contribution in [3.8, 4) is 0 Å². The van der Waals surface area contributed by atoms with E-state index < -0.39 is 18.0 Å². The Morgan fingerprint density at radius 1 is 1.48 bits per heavy atom. The molecule has 3 N–H and O–H groups in total. The van der Waals surface area contributed by atoms with Gasteiger partial charge in [-0.15, -0.1) is 11.3 Å². The largest absolute Gasteiger partial charge is 0.477 e. The lowest BCUT2D eigenvalue weighted by molar-refractivity contribution is -0.163. The van der Waals surface area contributed by atoms with E-state index in [-0.39, 0.29) is 30.2 Å². The van der Waals surface area contributed by atoms with E-state index in [2.05, 4.69) is 4.98 Å². The number of hydrogen-bond acceptors (Lipinski definition) is 6. The first-order valence-corrected chi connectivity index (χ1v) is 8.73. The van der Waals surface area contributed by atoms with E-state index in [9.17, 15) is 24.9 Å². The standard InChI is InChI=1S/C16H17N3O5S/c1-6-10(9-3-18-5-17-8(4-20)15(18)25-9)13(16(23)24)19-12(6)11(7(2)21)14(19)22/h3,5-7,11-12,20-21H,4H2,1-2H3,(H,23,24)/t6-,7+,11+,12+/m0/s1. The van der Waals surface area contributed by atoms with Crippen LogP contribution in [0.25, 0.3) is 10.4 Å². The van der Waals surface area contributed by atoms with Crippen molar-refractivity contribution in [2.24, 2.45) is 11.8 Å². The SMILES string of the molecule is C[C@@H](O)[C@H]1C(=O)N2C(C(=O)O)=C(c3cn4cnc(CO)c4s3)[C@H](C)[C@H]12. The number of β-lactam (4-membered cyclic amide) rings is 1. The minimum Gasteiger partial charge on any atom is -0.477 e. The molecule has 2 aromatic heterocycles. The van der Waals surface area contributed by atoms with Crippen molar-refractivity contribution in [1.82, 2.24) is 14.3 Å². The van der Waals surface area contributed by atoms with Crippen LogP contribution in [0.15, 0.2) is 18.2 Å². The summed E-state index contributed by atoms with van der Waals surface area (Å²) < 4.78 is 1.74. The molecule has 2 aromatic rings. The number of fused-ring (bicyclic) bond motifs is 2. The van der Waals surface area contributed by atoms with Gasteiger partial charge in [0.05, 0.1) is 29.5 Å². The number of carbonyl (C=O) groups is 2. The fraction of sp³-hybridized carbons (Fsp3) is 0.438. The molecule has 8 nitrogen and oxygen atoms in total. The highest BCUT2D eigenvalue weighted by Gasteiger charge is 2.60. The van der Waals surface area contributed by atoms with Gasteiger partial charge >= 0.3 is 5.97 Å². The fourth-order valence-corrected chi connectivity index (χ4v) is 5.18.